The maximum atomic E-state index is 12.1. The summed E-state index contributed by atoms with van der Waals surface area (Å²) < 4.78 is 0. The third kappa shape index (κ3) is 4.55. The zero-order valence-corrected chi connectivity index (χ0v) is 12.1. The summed E-state index contributed by atoms with van der Waals surface area (Å²) in [4.78, 5) is 12.1. The monoisotopic (exact) mass is 257 g/mol. The molecule has 0 fully saturated rings. The highest BCUT2D eigenvalue weighted by Gasteiger charge is 2.28. The maximum Gasteiger partial charge on any atom is 0.231 e. The molecule has 2 atom stereocenters. The summed E-state index contributed by atoms with van der Waals surface area (Å²) in [5.74, 6) is -0.324. The Labute approximate surface area is 110 Å². The van der Waals surface area contributed by atoms with E-state index in [0.29, 0.717) is 5.92 Å². The highest BCUT2D eigenvalue weighted by Crippen LogP contribution is 2.16. The van der Waals surface area contributed by atoms with Crippen molar-refractivity contribution < 1.29 is 10.0 Å². The molecule has 0 aromatic rings. The van der Waals surface area contributed by atoms with Crippen LogP contribution in [0.1, 0.15) is 47.5 Å². The molecule has 0 rings (SSSR count). The fraction of sp³-hybridized carbons (Fsp3) is 0.846. The SMILES string of the molecule is CCC(CC)C(C)NC(=O)C(C(N)=NO)C(C)C. The lowest BCUT2D eigenvalue weighted by Crippen LogP contribution is -2.46. The van der Waals surface area contributed by atoms with Crippen molar-refractivity contribution in [1.82, 2.24) is 5.32 Å². The summed E-state index contributed by atoms with van der Waals surface area (Å²) in [6, 6.07) is 0.0974. The van der Waals surface area contributed by atoms with Gasteiger partial charge in [0.1, 0.15) is 5.92 Å². The van der Waals surface area contributed by atoms with E-state index in [4.69, 9.17) is 10.9 Å². The Kier molecular flexibility index (Phi) is 7.39. The van der Waals surface area contributed by atoms with Crippen LogP contribution in [0.2, 0.25) is 0 Å². The van der Waals surface area contributed by atoms with Gasteiger partial charge in [-0.1, -0.05) is 45.7 Å². The quantitative estimate of drug-likeness (QED) is 0.282. The Morgan fingerprint density at radius 1 is 1.28 bits per heavy atom. The van der Waals surface area contributed by atoms with Crippen LogP contribution in [0.25, 0.3) is 0 Å². The first-order valence-electron chi connectivity index (χ1n) is 6.66. The molecule has 0 aromatic heterocycles. The minimum Gasteiger partial charge on any atom is -0.409 e. The zero-order chi connectivity index (χ0) is 14.3. The van der Waals surface area contributed by atoms with Gasteiger partial charge in [-0.25, -0.2) is 0 Å². The summed E-state index contributed by atoms with van der Waals surface area (Å²) in [6.45, 7) is 9.98. The van der Waals surface area contributed by atoms with E-state index in [1.165, 1.54) is 0 Å². The predicted molar refractivity (Wildman–Crippen MR) is 73.4 cm³/mol. The second-order valence-electron chi connectivity index (χ2n) is 5.12. The fourth-order valence-electron chi connectivity index (χ4n) is 2.27. The van der Waals surface area contributed by atoms with Gasteiger partial charge in [0, 0.05) is 6.04 Å². The van der Waals surface area contributed by atoms with Crippen LogP contribution in [0.3, 0.4) is 0 Å². The van der Waals surface area contributed by atoms with Crippen molar-refractivity contribution in [2.45, 2.75) is 53.5 Å². The Morgan fingerprint density at radius 2 is 1.78 bits per heavy atom. The van der Waals surface area contributed by atoms with Gasteiger partial charge in [-0.05, 0) is 18.8 Å². The molecule has 106 valence electrons. The van der Waals surface area contributed by atoms with Gasteiger partial charge in [0.2, 0.25) is 5.91 Å². The van der Waals surface area contributed by atoms with Crippen LogP contribution in [0.15, 0.2) is 5.16 Å². The molecule has 1 amide bonds. The molecular weight excluding hydrogens is 230 g/mol. The molecule has 0 aliphatic heterocycles. The Hall–Kier alpha value is -1.26. The van der Waals surface area contributed by atoms with Gasteiger partial charge in [-0.2, -0.15) is 0 Å². The van der Waals surface area contributed by atoms with Crippen molar-refractivity contribution in [1.29, 1.82) is 0 Å². The minimum absolute atomic E-state index is 0.00481. The molecule has 5 heteroatoms. The van der Waals surface area contributed by atoms with Crippen molar-refractivity contribution in [3.05, 3.63) is 0 Å². The largest absolute Gasteiger partial charge is 0.409 e. The van der Waals surface area contributed by atoms with E-state index < -0.39 is 5.92 Å². The Bertz CT molecular complexity index is 286. The second-order valence-corrected chi connectivity index (χ2v) is 5.12. The van der Waals surface area contributed by atoms with Crippen LogP contribution in [-0.2, 0) is 4.79 Å². The lowest BCUT2D eigenvalue weighted by Gasteiger charge is -2.26. The summed E-state index contributed by atoms with van der Waals surface area (Å²) in [6.07, 6.45) is 2.04. The van der Waals surface area contributed by atoms with Crippen molar-refractivity contribution in [2.75, 3.05) is 0 Å². The Morgan fingerprint density at radius 3 is 2.11 bits per heavy atom. The van der Waals surface area contributed by atoms with E-state index in [2.05, 4.69) is 24.3 Å². The molecule has 5 nitrogen and oxygen atoms in total. The van der Waals surface area contributed by atoms with E-state index in [9.17, 15) is 4.79 Å². The molecule has 0 aliphatic rings. The zero-order valence-electron chi connectivity index (χ0n) is 12.1. The molecule has 0 saturated carbocycles. The predicted octanol–water partition coefficient (Wildman–Crippen LogP) is 1.95. The van der Waals surface area contributed by atoms with Gasteiger partial charge in [0.25, 0.3) is 0 Å². The minimum atomic E-state index is -0.577. The van der Waals surface area contributed by atoms with Gasteiger partial charge in [0.05, 0.1) is 0 Å². The van der Waals surface area contributed by atoms with Gasteiger partial charge in [-0.15, -0.1) is 0 Å². The first-order valence-corrected chi connectivity index (χ1v) is 6.66. The average Bonchev–Trinajstić information content (AvgIpc) is 2.29. The molecule has 2 unspecified atom stereocenters. The van der Waals surface area contributed by atoms with Crippen LogP contribution in [0, 0.1) is 17.8 Å². The second kappa shape index (κ2) is 7.95. The molecule has 0 aromatic carbocycles. The number of nitrogens with two attached hydrogens (primary N) is 1. The lowest BCUT2D eigenvalue weighted by molar-refractivity contribution is -0.125. The van der Waals surface area contributed by atoms with Crippen LogP contribution < -0.4 is 11.1 Å². The van der Waals surface area contributed by atoms with Gasteiger partial charge >= 0.3 is 0 Å². The normalized spacial score (nSPS) is 15.8. The van der Waals surface area contributed by atoms with Crippen molar-refractivity contribution in [3.8, 4) is 0 Å². The molecule has 0 saturated heterocycles. The number of oxime groups is 1. The first kappa shape index (κ1) is 16.7. The number of nitrogens with zero attached hydrogens (tertiary/aromatic N) is 1. The smallest absolute Gasteiger partial charge is 0.231 e. The number of carbonyl (C=O) groups is 1. The summed E-state index contributed by atoms with van der Waals surface area (Å²) in [5, 5.41) is 14.6. The maximum absolute atomic E-state index is 12.1. The number of hydrogen-bond donors (Lipinski definition) is 3. The summed E-state index contributed by atoms with van der Waals surface area (Å²) >= 11 is 0. The number of amidine groups is 1. The highest BCUT2D eigenvalue weighted by molar-refractivity contribution is 6.02. The molecule has 4 N–H and O–H groups in total. The molecule has 0 aliphatic carbocycles. The van der Waals surface area contributed by atoms with Crippen molar-refractivity contribution in [3.63, 3.8) is 0 Å². The number of nitrogens with one attached hydrogen (secondary N) is 1. The van der Waals surface area contributed by atoms with Crippen LogP contribution >= 0.6 is 0 Å². The summed E-state index contributed by atoms with van der Waals surface area (Å²) in [7, 11) is 0. The van der Waals surface area contributed by atoms with E-state index in [0.717, 1.165) is 12.8 Å². The van der Waals surface area contributed by atoms with E-state index in [1.807, 2.05) is 20.8 Å². The topological polar surface area (TPSA) is 87.7 Å². The lowest BCUT2D eigenvalue weighted by atomic mass is 9.91. The van der Waals surface area contributed by atoms with Crippen LogP contribution in [-0.4, -0.2) is 23.0 Å². The number of rotatable bonds is 7. The van der Waals surface area contributed by atoms with Gasteiger partial charge in [-0.3, -0.25) is 4.79 Å². The van der Waals surface area contributed by atoms with Crippen molar-refractivity contribution >= 4 is 11.7 Å². The number of carbonyl (C=O) groups excluding carboxylic acids is 1. The third-order valence-corrected chi connectivity index (χ3v) is 3.51. The third-order valence-electron chi connectivity index (χ3n) is 3.51. The Balaban J connectivity index is 4.71. The summed E-state index contributed by atoms with van der Waals surface area (Å²) in [5.41, 5.74) is 5.58. The molecule has 0 heterocycles. The standard InChI is InChI=1S/C13H27N3O2/c1-6-10(7-2)9(5)15-13(17)11(8(3)4)12(14)16-18/h8-11,18H,6-7H2,1-5H3,(H2,14,16)(H,15,17). The van der Waals surface area contributed by atoms with Gasteiger partial charge in [0.15, 0.2) is 5.84 Å². The van der Waals surface area contributed by atoms with Gasteiger partial charge < -0.3 is 16.3 Å². The van der Waals surface area contributed by atoms with Crippen LogP contribution in [0.4, 0.5) is 0 Å². The first-order chi connectivity index (χ1) is 8.38. The van der Waals surface area contributed by atoms with Crippen LogP contribution in [0.5, 0.6) is 0 Å². The number of amides is 1. The highest BCUT2D eigenvalue weighted by atomic mass is 16.4. The fourth-order valence-corrected chi connectivity index (χ4v) is 2.27. The van der Waals surface area contributed by atoms with Crippen molar-refractivity contribution in [2.24, 2.45) is 28.6 Å². The number of hydrogen-bond acceptors (Lipinski definition) is 3. The molecule has 18 heavy (non-hydrogen) atoms. The average molecular weight is 257 g/mol. The molecular formula is C13H27N3O2. The van der Waals surface area contributed by atoms with E-state index >= 15 is 0 Å². The van der Waals surface area contributed by atoms with E-state index in [1.54, 1.807) is 0 Å². The molecule has 0 bridgehead atoms. The van der Waals surface area contributed by atoms with E-state index in [-0.39, 0.29) is 23.7 Å². The molecule has 0 radical (unpaired) electrons. The molecule has 0 spiro atoms.